The lowest BCUT2D eigenvalue weighted by atomic mass is 10.1. The summed E-state index contributed by atoms with van der Waals surface area (Å²) in [5.74, 6) is 2.62. The molecule has 0 spiro atoms. The number of pyridine rings is 1. The Bertz CT molecular complexity index is 603. The van der Waals surface area contributed by atoms with Gasteiger partial charge in [-0.2, -0.15) is 0 Å². The minimum absolute atomic E-state index is 0.156. The zero-order valence-electron chi connectivity index (χ0n) is 18.4. The highest BCUT2D eigenvalue weighted by Crippen LogP contribution is 2.15. The van der Waals surface area contributed by atoms with Gasteiger partial charge in [0, 0.05) is 51.5 Å². The first-order chi connectivity index (χ1) is 14.1. The molecule has 0 aliphatic carbocycles. The SMILES string of the molecule is CN=C(NCCCOCC1CCOC1)NCc1ccnc(OC(C)CC(C)C)c1. The van der Waals surface area contributed by atoms with Crippen LogP contribution in [-0.2, 0) is 16.0 Å². The summed E-state index contributed by atoms with van der Waals surface area (Å²) in [5, 5.41) is 6.66. The summed E-state index contributed by atoms with van der Waals surface area (Å²) < 4.78 is 17.0. The Hall–Kier alpha value is -1.86. The van der Waals surface area contributed by atoms with Gasteiger partial charge in [0.05, 0.1) is 19.3 Å². The van der Waals surface area contributed by atoms with Gasteiger partial charge in [0.2, 0.25) is 5.88 Å². The Morgan fingerprint density at radius 2 is 2.21 bits per heavy atom. The minimum atomic E-state index is 0.156. The summed E-state index contributed by atoms with van der Waals surface area (Å²) in [4.78, 5) is 8.60. The van der Waals surface area contributed by atoms with Gasteiger partial charge >= 0.3 is 0 Å². The molecule has 2 N–H and O–H groups in total. The maximum Gasteiger partial charge on any atom is 0.213 e. The number of aliphatic imine (C=N–C) groups is 1. The summed E-state index contributed by atoms with van der Waals surface area (Å²) in [6.45, 7) is 11.2. The van der Waals surface area contributed by atoms with Crippen molar-refractivity contribution in [2.75, 3.05) is 40.0 Å². The standard InChI is InChI=1S/C22H38N4O3/c1-17(2)12-18(3)29-21-13-19(6-9-24-21)14-26-22(23-4)25-8-5-10-27-15-20-7-11-28-16-20/h6,9,13,17-18,20H,5,7-8,10-12,14-16H2,1-4H3,(H2,23,25,26). The minimum Gasteiger partial charge on any atom is -0.475 e. The van der Waals surface area contributed by atoms with Crippen molar-refractivity contribution in [3.8, 4) is 5.88 Å². The van der Waals surface area contributed by atoms with Crippen molar-refractivity contribution >= 4 is 5.96 Å². The van der Waals surface area contributed by atoms with Gasteiger partial charge in [0.25, 0.3) is 0 Å². The van der Waals surface area contributed by atoms with E-state index in [0.29, 0.717) is 24.3 Å². The first kappa shape index (κ1) is 23.4. The third-order valence-electron chi connectivity index (χ3n) is 4.74. The summed E-state index contributed by atoms with van der Waals surface area (Å²) in [6.07, 6.45) is 5.02. The molecule has 7 heteroatoms. The molecule has 2 atom stereocenters. The molecule has 2 unspecified atom stereocenters. The smallest absolute Gasteiger partial charge is 0.213 e. The molecule has 29 heavy (non-hydrogen) atoms. The van der Waals surface area contributed by atoms with E-state index >= 15 is 0 Å². The summed E-state index contributed by atoms with van der Waals surface area (Å²) in [6, 6.07) is 3.97. The van der Waals surface area contributed by atoms with E-state index < -0.39 is 0 Å². The van der Waals surface area contributed by atoms with Crippen molar-refractivity contribution in [1.82, 2.24) is 15.6 Å². The van der Waals surface area contributed by atoms with Gasteiger partial charge < -0.3 is 24.8 Å². The Labute approximate surface area is 175 Å². The molecule has 1 fully saturated rings. The fourth-order valence-corrected chi connectivity index (χ4v) is 3.30. The van der Waals surface area contributed by atoms with Crippen LogP contribution < -0.4 is 15.4 Å². The van der Waals surface area contributed by atoms with Gasteiger partial charge in [-0.25, -0.2) is 4.98 Å². The third-order valence-corrected chi connectivity index (χ3v) is 4.74. The molecule has 1 saturated heterocycles. The second-order valence-corrected chi connectivity index (χ2v) is 8.07. The second kappa shape index (κ2) is 13.4. The Balaban J connectivity index is 1.63. The molecule has 0 saturated carbocycles. The lowest BCUT2D eigenvalue weighted by molar-refractivity contribution is 0.0888. The highest BCUT2D eigenvalue weighted by molar-refractivity contribution is 5.79. The summed E-state index contributed by atoms with van der Waals surface area (Å²) in [5.41, 5.74) is 1.11. The van der Waals surface area contributed by atoms with Crippen LogP contribution >= 0.6 is 0 Å². The van der Waals surface area contributed by atoms with E-state index in [-0.39, 0.29) is 6.10 Å². The van der Waals surface area contributed by atoms with E-state index in [1.165, 1.54) is 0 Å². The van der Waals surface area contributed by atoms with E-state index in [9.17, 15) is 0 Å². The molecule has 1 aliphatic heterocycles. The molecular weight excluding hydrogens is 368 g/mol. The number of nitrogens with one attached hydrogen (secondary N) is 2. The van der Waals surface area contributed by atoms with Crippen molar-refractivity contribution in [1.29, 1.82) is 0 Å². The van der Waals surface area contributed by atoms with Crippen LogP contribution in [0.3, 0.4) is 0 Å². The topological polar surface area (TPSA) is 77.0 Å². The van der Waals surface area contributed by atoms with Gasteiger partial charge in [-0.1, -0.05) is 13.8 Å². The maximum atomic E-state index is 5.93. The van der Waals surface area contributed by atoms with Gasteiger partial charge in [-0.05, 0) is 43.7 Å². The predicted octanol–water partition coefficient (Wildman–Crippen LogP) is 3.00. The fourth-order valence-electron chi connectivity index (χ4n) is 3.30. The van der Waals surface area contributed by atoms with Crippen LogP contribution in [0.1, 0.15) is 45.6 Å². The predicted molar refractivity (Wildman–Crippen MR) is 116 cm³/mol. The lowest BCUT2D eigenvalue weighted by Crippen LogP contribution is -2.37. The van der Waals surface area contributed by atoms with Gasteiger partial charge in [-0.3, -0.25) is 4.99 Å². The van der Waals surface area contributed by atoms with Crippen LogP contribution in [0.15, 0.2) is 23.3 Å². The molecule has 164 valence electrons. The fraction of sp³-hybridized carbons (Fsp3) is 0.727. The highest BCUT2D eigenvalue weighted by Gasteiger charge is 2.15. The second-order valence-electron chi connectivity index (χ2n) is 8.07. The van der Waals surface area contributed by atoms with Crippen molar-refractivity contribution in [3.63, 3.8) is 0 Å². The molecule has 1 aromatic heterocycles. The van der Waals surface area contributed by atoms with Crippen LogP contribution in [-0.4, -0.2) is 57.1 Å². The average Bonchev–Trinajstić information content (AvgIpc) is 3.20. The van der Waals surface area contributed by atoms with Gasteiger partial charge in [-0.15, -0.1) is 0 Å². The van der Waals surface area contributed by atoms with Crippen molar-refractivity contribution < 1.29 is 14.2 Å². The van der Waals surface area contributed by atoms with Crippen LogP contribution in [0, 0.1) is 11.8 Å². The number of rotatable bonds is 12. The number of hydrogen-bond acceptors (Lipinski definition) is 5. The molecule has 1 aromatic rings. The quantitative estimate of drug-likeness (QED) is 0.316. The van der Waals surface area contributed by atoms with Crippen molar-refractivity contribution in [2.45, 2.75) is 52.7 Å². The van der Waals surface area contributed by atoms with Crippen LogP contribution in [0.2, 0.25) is 0 Å². The Morgan fingerprint density at radius 3 is 2.93 bits per heavy atom. The van der Waals surface area contributed by atoms with E-state index in [0.717, 1.165) is 63.8 Å². The number of guanidine groups is 1. The first-order valence-electron chi connectivity index (χ1n) is 10.8. The van der Waals surface area contributed by atoms with E-state index in [4.69, 9.17) is 14.2 Å². The normalized spacial score (nSPS) is 18.1. The van der Waals surface area contributed by atoms with Gasteiger partial charge in [0.1, 0.15) is 0 Å². The summed E-state index contributed by atoms with van der Waals surface area (Å²) >= 11 is 0. The number of hydrogen-bond donors (Lipinski definition) is 2. The van der Waals surface area contributed by atoms with Crippen molar-refractivity contribution in [2.24, 2.45) is 16.8 Å². The molecule has 1 aliphatic rings. The number of ether oxygens (including phenoxy) is 3. The van der Waals surface area contributed by atoms with E-state index in [1.54, 1.807) is 13.2 Å². The Morgan fingerprint density at radius 1 is 1.34 bits per heavy atom. The average molecular weight is 407 g/mol. The lowest BCUT2D eigenvalue weighted by Gasteiger charge is -2.16. The monoisotopic (exact) mass is 406 g/mol. The third kappa shape index (κ3) is 9.94. The molecule has 2 rings (SSSR count). The molecule has 0 aromatic carbocycles. The zero-order valence-corrected chi connectivity index (χ0v) is 18.4. The van der Waals surface area contributed by atoms with Crippen molar-refractivity contribution in [3.05, 3.63) is 23.9 Å². The first-order valence-corrected chi connectivity index (χ1v) is 10.8. The zero-order chi connectivity index (χ0) is 20.9. The molecule has 2 heterocycles. The number of aromatic nitrogens is 1. The molecule has 7 nitrogen and oxygen atoms in total. The van der Waals surface area contributed by atoms with Gasteiger partial charge in [0.15, 0.2) is 5.96 Å². The molecule has 0 radical (unpaired) electrons. The molecular formula is C22H38N4O3. The summed E-state index contributed by atoms with van der Waals surface area (Å²) in [7, 11) is 1.78. The van der Waals surface area contributed by atoms with Crippen LogP contribution in [0.4, 0.5) is 0 Å². The number of nitrogens with zero attached hydrogens (tertiary/aromatic N) is 2. The largest absolute Gasteiger partial charge is 0.475 e. The molecule has 0 bridgehead atoms. The highest BCUT2D eigenvalue weighted by atomic mass is 16.5. The van der Waals surface area contributed by atoms with Crippen LogP contribution in [0.25, 0.3) is 0 Å². The van der Waals surface area contributed by atoms with E-state index in [1.807, 2.05) is 12.1 Å². The Kier molecular flexibility index (Phi) is 10.8. The molecule has 0 amide bonds. The maximum absolute atomic E-state index is 5.93. The van der Waals surface area contributed by atoms with Crippen LogP contribution in [0.5, 0.6) is 5.88 Å². The van der Waals surface area contributed by atoms with E-state index in [2.05, 4.69) is 41.4 Å².